The molecule has 34 heavy (non-hydrogen) atoms. The predicted octanol–water partition coefficient (Wildman–Crippen LogP) is 2.50. The van der Waals surface area contributed by atoms with Crippen LogP contribution >= 0.6 is 11.6 Å². The highest BCUT2D eigenvalue weighted by molar-refractivity contribution is 6.30. The lowest BCUT2D eigenvalue weighted by molar-refractivity contribution is -0.145. The van der Waals surface area contributed by atoms with Gasteiger partial charge >= 0.3 is 11.9 Å². The lowest BCUT2D eigenvalue weighted by Crippen LogP contribution is -2.62. The van der Waals surface area contributed by atoms with E-state index in [-0.39, 0.29) is 25.3 Å². The topological polar surface area (TPSA) is 151 Å². The minimum absolute atomic E-state index is 0.148. The Kier molecular flexibility index (Phi) is 8.65. The summed E-state index contributed by atoms with van der Waals surface area (Å²) in [5, 5.41) is 25.4. The van der Waals surface area contributed by atoms with Gasteiger partial charge in [0.25, 0.3) is 0 Å². The monoisotopic (exact) mass is 493 g/mol. The predicted molar refractivity (Wildman–Crippen MR) is 122 cm³/mol. The SMILES string of the molecule is COCC[C@H](NC1(C(=O)N[C@@H](Cc2ncc(-c3ccc(Cl)cc3)o2)C(=O)O)CCCC1)C(=O)O. The number of aromatic nitrogens is 1. The van der Waals surface area contributed by atoms with E-state index >= 15 is 0 Å². The molecular weight excluding hydrogens is 466 g/mol. The van der Waals surface area contributed by atoms with Crippen molar-refractivity contribution < 1.29 is 33.8 Å². The van der Waals surface area contributed by atoms with E-state index in [0.717, 1.165) is 18.4 Å². The largest absolute Gasteiger partial charge is 0.480 e. The van der Waals surface area contributed by atoms with E-state index in [1.807, 2.05) is 0 Å². The van der Waals surface area contributed by atoms with Crippen LogP contribution < -0.4 is 10.6 Å². The number of carbonyl (C=O) groups excluding carboxylic acids is 1. The Morgan fingerprint density at radius 2 is 1.79 bits per heavy atom. The third-order valence-corrected chi connectivity index (χ3v) is 6.17. The number of nitrogens with one attached hydrogen (secondary N) is 2. The Hall–Kier alpha value is -2.95. The molecule has 0 unspecified atom stereocenters. The van der Waals surface area contributed by atoms with Crippen LogP contribution in [0.25, 0.3) is 11.3 Å². The van der Waals surface area contributed by atoms with Crippen LogP contribution in [0.2, 0.25) is 5.02 Å². The number of aliphatic carboxylic acids is 2. The van der Waals surface area contributed by atoms with Crippen molar-refractivity contribution in [2.24, 2.45) is 0 Å². The number of amides is 1. The molecule has 1 aliphatic carbocycles. The van der Waals surface area contributed by atoms with Gasteiger partial charge in [-0.25, -0.2) is 9.78 Å². The van der Waals surface area contributed by atoms with E-state index in [9.17, 15) is 24.6 Å². The maximum Gasteiger partial charge on any atom is 0.326 e. The number of carboxylic acid groups (broad SMARTS) is 2. The van der Waals surface area contributed by atoms with Gasteiger partial charge in [0.15, 0.2) is 11.7 Å². The van der Waals surface area contributed by atoms with E-state index in [1.54, 1.807) is 24.3 Å². The molecule has 1 fully saturated rings. The molecule has 4 N–H and O–H groups in total. The summed E-state index contributed by atoms with van der Waals surface area (Å²) >= 11 is 5.90. The number of nitrogens with zero attached hydrogens (tertiary/aromatic N) is 1. The number of rotatable bonds is 12. The average Bonchev–Trinajstić information content (AvgIpc) is 3.47. The summed E-state index contributed by atoms with van der Waals surface area (Å²) in [5.41, 5.74) is -0.445. The number of hydrogen-bond donors (Lipinski definition) is 4. The van der Waals surface area contributed by atoms with Crippen molar-refractivity contribution >= 4 is 29.4 Å². The molecule has 1 aromatic carbocycles. The van der Waals surface area contributed by atoms with Gasteiger partial charge in [-0.05, 0) is 43.5 Å². The summed E-state index contributed by atoms with van der Waals surface area (Å²) in [5.74, 6) is -2.30. The van der Waals surface area contributed by atoms with Crippen LogP contribution in [0.15, 0.2) is 34.9 Å². The lowest BCUT2D eigenvalue weighted by Gasteiger charge is -2.33. The number of ether oxygens (including phenoxy) is 1. The third kappa shape index (κ3) is 6.34. The second-order valence-electron chi connectivity index (χ2n) is 8.30. The first-order valence-electron chi connectivity index (χ1n) is 11.0. The highest BCUT2D eigenvalue weighted by Gasteiger charge is 2.45. The molecule has 1 heterocycles. The first-order chi connectivity index (χ1) is 16.2. The van der Waals surface area contributed by atoms with E-state index in [2.05, 4.69) is 15.6 Å². The fourth-order valence-corrected chi connectivity index (χ4v) is 4.19. The van der Waals surface area contributed by atoms with Crippen molar-refractivity contribution in [1.29, 1.82) is 0 Å². The van der Waals surface area contributed by atoms with Crippen molar-refractivity contribution in [3.63, 3.8) is 0 Å². The van der Waals surface area contributed by atoms with E-state index in [0.29, 0.717) is 23.6 Å². The van der Waals surface area contributed by atoms with Crippen molar-refractivity contribution in [2.45, 2.75) is 56.1 Å². The van der Waals surface area contributed by atoms with Crippen LogP contribution in [-0.2, 0) is 25.5 Å². The minimum atomic E-state index is -1.30. The third-order valence-electron chi connectivity index (χ3n) is 5.92. The molecule has 10 nitrogen and oxygen atoms in total. The summed E-state index contributed by atoms with van der Waals surface area (Å²) in [6, 6.07) is 4.60. The van der Waals surface area contributed by atoms with E-state index < -0.39 is 35.5 Å². The molecular formula is C23H28ClN3O7. The van der Waals surface area contributed by atoms with Crippen molar-refractivity contribution in [1.82, 2.24) is 15.6 Å². The molecule has 1 aromatic heterocycles. The minimum Gasteiger partial charge on any atom is -0.480 e. The molecule has 1 amide bonds. The summed E-state index contributed by atoms with van der Waals surface area (Å²) in [6.45, 7) is 0.208. The molecule has 0 bridgehead atoms. The normalized spacial score (nSPS) is 16.6. The highest BCUT2D eigenvalue weighted by Crippen LogP contribution is 2.31. The Labute approximate surface area is 201 Å². The highest BCUT2D eigenvalue weighted by atomic mass is 35.5. The Morgan fingerprint density at radius 3 is 2.38 bits per heavy atom. The van der Waals surface area contributed by atoms with Crippen LogP contribution in [-0.4, -0.2) is 64.4 Å². The smallest absolute Gasteiger partial charge is 0.326 e. The molecule has 1 saturated carbocycles. The Bertz CT molecular complexity index is 1000. The zero-order valence-corrected chi connectivity index (χ0v) is 19.5. The molecule has 184 valence electrons. The molecule has 2 aromatic rings. The molecule has 11 heteroatoms. The second-order valence-corrected chi connectivity index (χ2v) is 8.74. The number of halogens is 1. The standard InChI is InChI=1S/C23H28ClN3O7/c1-33-11-8-16(20(28)29)27-23(9-2-3-10-23)22(32)26-17(21(30)31)12-19-25-13-18(34-19)14-4-6-15(24)7-5-14/h4-7,13,16-17,27H,2-3,8-12H2,1H3,(H,26,32)(H,28,29)(H,30,31)/t16-,17-/m0/s1. The lowest BCUT2D eigenvalue weighted by atomic mass is 9.93. The zero-order valence-electron chi connectivity index (χ0n) is 18.8. The van der Waals surface area contributed by atoms with Gasteiger partial charge in [0.05, 0.1) is 18.2 Å². The van der Waals surface area contributed by atoms with Gasteiger partial charge in [-0.15, -0.1) is 0 Å². The second kappa shape index (κ2) is 11.5. The van der Waals surface area contributed by atoms with Crippen LogP contribution in [0.3, 0.4) is 0 Å². The maximum atomic E-state index is 13.2. The van der Waals surface area contributed by atoms with Gasteiger partial charge in [0, 0.05) is 24.3 Å². The fraction of sp³-hybridized carbons (Fsp3) is 0.478. The first kappa shape index (κ1) is 25.7. The quantitative estimate of drug-likeness (QED) is 0.349. The molecule has 0 spiro atoms. The molecule has 1 aliphatic rings. The van der Waals surface area contributed by atoms with Crippen molar-refractivity contribution in [3.05, 3.63) is 41.4 Å². The summed E-state index contributed by atoms with van der Waals surface area (Å²) in [6.07, 6.45) is 3.73. The van der Waals surface area contributed by atoms with Crippen LogP contribution in [0, 0.1) is 0 Å². The Morgan fingerprint density at radius 1 is 1.15 bits per heavy atom. The van der Waals surface area contributed by atoms with Crippen LogP contribution in [0.5, 0.6) is 0 Å². The number of oxazole rings is 1. The van der Waals surface area contributed by atoms with Gasteiger partial charge in [0.2, 0.25) is 5.91 Å². The number of carboxylic acids is 2. The first-order valence-corrected chi connectivity index (χ1v) is 11.4. The van der Waals surface area contributed by atoms with Crippen LogP contribution in [0.4, 0.5) is 0 Å². The number of carbonyl (C=O) groups is 3. The van der Waals surface area contributed by atoms with E-state index in [1.165, 1.54) is 13.3 Å². The molecule has 0 radical (unpaired) electrons. The molecule has 2 atom stereocenters. The number of methoxy groups -OCH3 is 1. The summed E-state index contributed by atoms with van der Waals surface area (Å²) < 4.78 is 10.7. The molecule has 0 aliphatic heterocycles. The van der Waals surface area contributed by atoms with Gasteiger partial charge in [-0.3, -0.25) is 14.9 Å². The van der Waals surface area contributed by atoms with Crippen molar-refractivity contribution in [2.75, 3.05) is 13.7 Å². The molecule has 0 saturated heterocycles. The Balaban J connectivity index is 1.72. The summed E-state index contributed by atoms with van der Waals surface area (Å²) in [4.78, 5) is 41.0. The van der Waals surface area contributed by atoms with Gasteiger partial charge in [0.1, 0.15) is 12.1 Å². The van der Waals surface area contributed by atoms with Gasteiger partial charge < -0.3 is 24.7 Å². The zero-order chi connectivity index (χ0) is 24.7. The van der Waals surface area contributed by atoms with E-state index in [4.69, 9.17) is 20.8 Å². The van der Waals surface area contributed by atoms with Gasteiger partial charge in [-0.1, -0.05) is 24.4 Å². The van der Waals surface area contributed by atoms with Crippen molar-refractivity contribution in [3.8, 4) is 11.3 Å². The summed E-state index contributed by atoms with van der Waals surface area (Å²) in [7, 11) is 1.47. The maximum absolute atomic E-state index is 13.2. The average molecular weight is 494 g/mol. The number of hydrogen-bond acceptors (Lipinski definition) is 7. The van der Waals surface area contributed by atoms with Crippen LogP contribution in [0.1, 0.15) is 38.0 Å². The number of benzene rings is 1. The fourth-order valence-electron chi connectivity index (χ4n) is 4.07. The molecule has 3 rings (SSSR count). The van der Waals surface area contributed by atoms with Gasteiger partial charge in [-0.2, -0.15) is 0 Å².